The molecule has 1 rings (SSSR count). The number of ether oxygens (including phenoxy) is 2. The quantitative estimate of drug-likeness (QED) is 0.494. The summed E-state index contributed by atoms with van der Waals surface area (Å²) in [6.07, 6.45) is 3.77. The monoisotopic (exact) mass is 220 g/mol. The molecule has 0 unspecified atom stereocenters. The number of para-hydroxylation sites is 1. The molecule has 0 aromatic heterocycles. The molecule has 0 aliphatic carbocycles. The van der Waals surface area contributed by atoms with Gasteiger partial charge in [0.05, 0.1) is 6.61 Å². The second-order valence-corrected chi connectivity index (χ2v) is 3.56. The van der Waals surface area contributed by atoms with Gasteiger partial charge in [-0.15, -0.1) is 6.58 Å². The van der Waals surface area contributed by atoms with E-state index in [1.54, 1.807) is 0 Å². The fourth-order valence-electron chi connectivity index (χ4n) is 1.43. The second kappa shape index (κ2) is 7.94. The topological polar surface area (TPSA) is 18.5 Å². The average molecular weight is 220 g/mol. The zero-order valence-corrected chi connectivity index (χ0v) is 9.95. The van der Waals surface area contributed by atoms with E-state index in [0.29, 0.717) is 13.2 Å². The van der Waals surface area contributed by atoms with Crippen molar-refractivity contribution in [3.8, 4) is 5.75 Å². The van der Waals surface area contributed by atoms with Gasteiger partial charge in [0.2, 0.25) is 0 Å². The molecule has 16 heavy (non-hydrogen) atoms. The summed E-state index contributed by atoms with van der Waals surface area (Å²) < 4.78 is 11.0. The molecule has 0 amide bonds. The minimum atomic E-state index is 0.605. The van der Waals surface area contributed by atoms with Gasteiger partial charge in [-0.05, 0) is 24.5 Å². The zero-order valence-electron chi connectivity index (χ0n) is 9.95. The molecule has 0 aliphatic heterocycles. The number of allylic oxidation sites excluding steroid dienone is 1. The molecule has 0 fully saturated rings. The molecule has 0 saturated carbocycles. The van der Waals surface area contributed by atoms with Crippen LogP contribution in [0.4, 0.5) is 0 Å². The van der Waals surface area contributed by atoms with Crippen LogP contribution in [0.3, 0.4) is 0 Å². The summed E-state index contributed by atoms with van der Waals surface area (Å²) in [5.74, 6) is 0.933. The SMILES string of the molecule is C=CCc1ccccc1OCCOCCC. The Hall–Kier alpha value is -1.28. The van der Waals surface area contributed by atoms with Gasteiger partial charge in [0.1, 0.15) is 12.4 Å². The smallest absolute Gasteiger partial charge is 0.122 e. The Labute approximate surface area is 97.9 Å². The fraction of sp³-hybridized carbons (Fsp3) is 0.429. The first-order valence-corrected chi connectivity index (χ1v) is 5.77. The first kappa shape index (κ1) is 12.8. The zero-order chi connectivity index (χ0) is 11.6. The summed E-state index contributed by atoms with van der Waals surface area (Å²) in [6, 6.07) is 8.04. The van der Waals surface area contributed by atoms with Crippen LogP contribution < -0.4 is 4.74 Å². The van der Waals surface area contributed by atoms with E-state index in [0.717, 1.165) is 25.2 Å². The lowest BCUT2D eigenvalue weighted by Crippen LogP contribution is -2.08. The second-order valence-electron chi connectivity index (χ2n) is 3.56. The van der Waals surface area contributed by atoms with Gasteiger partial charge in [-0.25, -0.2) is 0 Å². The minimum absolute atomic E-state index is 0.605. The summed E-state index contributed by atoms with van der Waals surface area (Å²) in [6.45, 7) is 7.89. The molecule has 2 nitrogen and oxygen atoms in total. The molecule has 0 atom stereocenters. The minimum Gasteiger partial charge on any atom is -0.491 e. The van der Waals surface area contributed by atoms with Gasteiger partial charge in [0.15, 0.2) is 0 Å². The highest BCUT2D eigenvalue weighted by atomic mass is 16.5. The van der Waals surface area contributed by atoms with Crippen LogP contribution in [0.15, 0.2) is 36.9 Å². The molecule has 1 aromatic carbocycles. The van der Waals surface area contributed by atoms with E-state index in [9.17, 15) is 0 Å². The Bertz CT molecular complexity index is 307. The molecule has 0 aliphatic rings. The molecule has 2 heteroatoms. The molecule has 0 N–H and O–H groups in total. The predicted octanol–water partition coefficient (Wildman–Crippen LogP) is 3.22. The third kappa shape index (κ3) is 4.49. The molecule has 1 aromatic rings. The van der Waals surface area contributed by atoms with Crippen LogP contribution in [0.2, 0.25) is 0 Å². The van der Waals surface area contributed by atoms with Crippen LogP contribution >= 0.6 is 0 Å². The van der Waals surface area contributed by atoms with Crippen molar-refractivity contribution < 1.29 is 9.47 Å². The van der Waals surface area contributed by atoms with Crippen LogP contribution in [-0.2, 0) is 11.2 Å². The van der Waals surface area contributed by atoms with Gasteiger partial charge in [0, 0.05) is 6.61 Å². The van der Waals surface area contributed by atoms with Gasteiger partial charge < -0.3 is 9.47 Å². The lowest BCUT2D eigenvalue weighted by atomic mass is 10.1. The van der Waals surface area contributed by atoms with Crippen LogP contribution in [0.1, 0.15) is 18.9 Å². The molecular weight excluding hydrogens is 200 g/mol. The van der Waals surface area contributed by atoms with Gasteiger partial charge in [-0.1, -0.05) is 31.2 Å². The van der Waals surface area contributed by atoms with Gasteiger partial charge in [-0.3, -0.25) is 0 Å². The van der Waals surface area contributed by atoms with Gasteiger partial charge >= 0.3 is 0 Å². The van der Waals surface area contributed by atoms with Crippen LogP contribution in [0, 0.1) is 0 Å². The summed E-state index contributed by atoms with van der Waals surface area (Å²) in [4.78, 5) is 0. The highest BCUT2D eigenvalue weighted by molar-refractivity contribution is 5.34. The number of benzene rings is 1. The van der Waals surface area contributed by atoms with E-state index in [1.165, 1.54) is 5.56 Å². The number of hydrogen-bond acceptors (Lipinski definition) is 2. The summed E-state index contributed by atoms with van der Waals surface area (Å²) >= 11 is 0. The molecular formula is C14H20O2. The van der Waals surface area contributed by atoms with E-state index in [4.69, 9.17) is 9.47 Å². The predicted molar refractivity (Wildman–Crippen MR) is 66.9 cm³/mol. The Morgan fingerprint density at radius 2 is 2.00 bits per heavy atom. The standard InChI is InChI=1S/C14H20O2/c1-3-7-13-8-5-6-9-14(13)16-12-11-15-10-4-2/h3,5-6,8-9H,1,4,7,10-12H2,2H3. The summed E-state index contributed by atoms with van der Waals surface area (Å²) in [7, 11) is 0. The first-order valence-electron chi connectivity index (χ1n) is 5.77. The molecule has 0 spiro atoms. The van der Waals surface area contributed by atoms with Crippen molar-refractivity contribution in [3.05, 3.63) is 42.5 Å². The van der Waals surface area contributed by atoms with Crippen molar-refractivity contribution in [1.29, 1.82) is 0 Å². The van der Waals surface area contributed by atoms with E-state index in [1.807, 2.05) is 24.3 Å². The molecule has 0 heterocycles. The van der Waals surface area contributed by atoms with Crippen molar-refractivity contribution in [2.24, 2.45) is 0 Å². The van der Waals surface area contributed by atoms with Crippen molar-refractivity contribution in [2.45, 2.75) is 19.8 Å². The Kier molecular flexibility index (Phi) is 6.35. The Morgan fingerprint density at radius 1 is 1.19 bits per heavy atom. The number of hydrogen-bond donors (Lipinski definition) is 0. The average Bonchev–Trinajstić information content (AvgIpc) is 2.31. The summed E-state index contributed by atoms with van der Waals surface area (Å²) in [5, 5.41) is 0. The van der Waals surface area contributed by atoms with Gasteiger partial charge in [0.25, 0.3) is 0 Å². The van der Waals surface area contributed by atoms with Crippen molar-refractivity contribution in [1.82, 2.24) is 0 Å². The van der Waals surface area contributed by atoms with Crippen molar-refractivity contribution in [2.75, 3.05) is 19.8 Å². The first-order chi connectivity index (χ1) is 7.88. The normalized spacial score (nSPS) is 10.1. The van der Waals surface area contributed by atoms with Gasteiger partial charge in [-0.2, -0.15) is 0 Å². The Balaban J connectivity index is 2.37. The fourth-order valence-corrected chi connectivity index (χ4v) is 1.43. The maximum Gasteiger partial charge on any atom is 0.122 e. The third-order valence-electron chi connectivity index (χ3n) is 2.17. The Morgan fingerprint density at radius 3 is 2.75 bits per heavy atom. The number of rotatable bonds is 8. The van der Waals surface area contributed by atoms with Crippen LogP contribution in [0.5, 0.6) is 5.75 Å². The van der Waals surface area contributed by atoms with E-state index in [-0.39, 0.29) is 0 Å². The highest BCUT2D eigenvalue weighted by Gasteiger charge is 2.00. The lowest BCUT2D eigenvalue weighted by molar-refractivity contribution is 0.100. The van der Waals surface area contributed by atoms with E-state index < -0.39 is 0 Å². The largest absolute Gasteiger partial charge is 0.491 e. The van der Waals surface area contributed by atoms with Crippen LogP contribution in [-0.4, -0.2) is 19.8 Å². The summed E-state index contributed by atoms with van der Waals surface area (Å²) in [5.41, 5.74) is 1.17. The van der Waals surface area contributed by atoms with E-state index in [2.05, 4.69) is 19.6 Å². The van der Waals surface area contributed by atoms with E-state index >= 15 is 0 Å². The van der Waals surface area contributed by atoms with Crippen molar-refractivity contribution in [3.63, 3.8) is 0 Å². The van der Waals surface area contributed by atoms with Crippen molar-refractivity contribution >= 4 is 0 Å². The maximum absolute atomic E-state index is 5.66. The maximum atomic E-state index is 5.66. The molecule has 0 radical (unpaired) electrons. The lowest BCUT2D eigenvalue weighted by Gasteiger charge is -2.10. The molecule has 88 valence electrons. The highest BCUT2D eigenvalue weighted by Crippen LogP contribution is 2.18. The molecule has 0 saturated heterocycles. The third-order valence-corrected chi connectivity index (χ3v) is 2.17. The van der Waals surface area contributed by atoms with Crippen LogP contribution in [0.25, 0.3) is 0 Å². The molecule has 0 bridgehead atoms.